The number of rotatable bonds is 8. The van der Waals surface area contributed by atoms with Gasteiger partial charge in [-0.2, -0.15) is 0 Å². The molecule has 4 aromatic rings. The van der Waals surface area contributed by atoms with Crippen molar-refractivity contribution in [3.8, 4) is 11.3 Å². The quantitative estimate of drug-likeness (QED) is 0.402. The molecule has 0 amide bonds. The SMILES string of the molecule is CCCCn1c(CSc2ncc(-c3ccccc3)n2C)nc2cc(S(N)(=O)=O)ccc21. The molecule has 0 atom stereocenters. The highest BCUT2D eigenvalue weighted by molar-refractivity contribution is 7.98. The van der Waals surface area contributed by atoms with Gasteiger partial charge in [-0.25, -0.2) is 23.5 Å². The number of unbranched alkanes of at least 4 members (excludes halogenated alkanes) is 1. The first kappa shape index (κ1) is 21.6. The third-order valence-electron chi connectivity index (χ3n) is 5.21. The lowest BCUT2D eigenvalue weighted by Crippen LogP contribution is -2.11. The van der Waals surface area contributed by atoms with Crippen LogP contribution >= 0.6 is 11.8 Å². The van der Waals surface area contributed by atoms with Gasteiger partial charge in [0.05, 0.1) is 33.6 Å². The summed E-state index contributed by atoms with van der Waals surface area (Å²) in [4.78, 5) is 9.41. The van der Waals surface area contributed by atoms with Crippen molar-refractivity contribution >= 4 is 32.8 Å². The topological polar surface area (TPSA) is 95.8 Å². The van der Waals surface area contributed by atoms with E-state index >= 15 is 0 Å². The number of aromatic nitrogens is 4. The molecule has 9 heteroatoms. The van der Waals surface area contributed by atoms with Gasteiger partial charge < -0.3 is 9.13 Å². The van der Waals surface area contributed by atoms with Crippen LogP contribution in [0.3, 0.4) is 0 Å². The highest BCUT2D eigenvalue weighted by Gasteiger charge is 2.16. The Labute approximate surface area is 186 Å². The summed E-state index contributed by atoms with van der Waals surface area (Å²) in [5.41, 5.74) is 3.74. The molecule has 4 rings (SSSR count). The molecule has 2 aromatic carbocycles. The summed E-state index contributed by atoms with van der Waals surface area (Å²) in [6, 6.07) is 15.1. The van der Waals surface area contributed by atoms with Crippen molar-refractivity contribution in [3.63, 3.8) is 0 Å². The monoisotopic (exact) mass is 455 g/mol. The number of thioether (sulfide) groups is 1. The molecule has 0 spiro atoms. The number of sulfonamides is 1. The molecule has 0 aliphatic rings. The van der Waals surface area contributed by atoms with Crippen molar-refractivity contribution in [3.05, 3.63) is 60.6 Å². The predicted octanol–water partition coefficient (Wildman–Crippen LogP) is 4.18. The molecule has 2 heterocycles. The number of benzene rings is 2. The third-order valence-corrected chi connectivity index (χ3v) is 7.16. The Bertz CT molecular complexity index is 1310. The van der Waals surface area contributed by atoms with Crippen molar-refractivity contribution in [2.45, 2.75) is 42.1 Å². The number of fused-ring (bicyclic) bond motifs is 1. The van der Waals surface area contributed by atoms with Crippen LogP contribution in [-0.2, 0) is 29.4 Å². The van der Waals surface area contributed by atoms with Crippen LogP contribution in [0.15, 0.2) is 64.8 Å². The van der Waals surface area contributed by atoms with E-state index < -0.39 is 10.0 Å². The lowest BCUT2D eigenvalue weighted by atomic mass is 10.2. The molecule has 7 nitrogen and oxygen atoms in total. The number of hydrogen-bond acceptors (Lipinski definition) is 5. The average molecular weight is 456 g/mol. The fourth-order valence-electron chi connectivity index (χ4n) is 3.55. The molecule has 0 aliphatic heterocycles. The maximum atomic E-state index is 11.7. The summed E-state index contributed by atoms with van der Waals surface area (Å²) < 4.78 is 27.7. The van der Waals surface area contributed by atoms with Crippen molar-refractivity contribution in [2.24, 2.45) is 12.2 Å². The van der Waals surface area contributed by atoms with E-state index in [1.165, 1.54) is 0 Å². The van der Waals surface area contributed by atoms with E-state index in [2.05, 4.69) is 33.2 Å². The number of hydrogen-bond donors (Lipinski definition) is 1. The van der Waals surface area contributed by atoms with Crippen LogP contribution in [0.5, 0.6) is 0 Å². The second kappa shape index (κ2) is 8.86. The van der Waals surface area contributed by atoms with E-state index in [0.717, 1.165) is 47.1 Å². The molecule has 0 unspecified atom stereocenters. The molecule has 0 fully saturated rings. The van der Waals surface area contributed by atoms with E-state index in [9.17, 15) is 8.42 Å². The largest absolute Gasteiger partial charge is 0.327 e. The Morgan fingerprint density at radius 1 is 1.13 bits per heavy atom. The summed E-state index contributed by atoms with van der Waals surface area (Å²) >= 11 is 1.61. The number of nitrogens with zero attached hydrogens (tertiary/aromatic N) is 4. The van der Waals surface area contributed by atoms with E-state index in [4.69, 9.17) is 10.1 Å². The molecule has 2 N–H and O–H groups in total. The van der Waals surface area contributed by atoms with Crippen LogP contribution in [-0.4, -0.2) is 27.5 Å². The van der Waals surface area contributed by atoms with Gasteiger partial charge in [0.25, 0.3) is 0 Å². The maximum absolute atomic E-state index is 11.7. The minimum Gasteiger partial charge on any atom is -0.327 e. The number of primary sulfonamides is 1. The zero-order chi connectivity index (χ0) is 22.0. The van der Waals surface area contributed by atoms with Crippen LogP contribution < -0.4 is 5.14 Å². The van der Waals surface area contributed by atoms with E-state index in [1.54, 1.807) is 30.0 Å². The lowest BCUT2D eigenvalue weighted by Gasteiger charge is -2.09. The summed E-state index contributed by atoms with van der Waals surface area (Å²) in [6.07, 6.45) is 3.96. The summed E-state index contributed by atoms with van der Waals surface area (Å²) in [6.45, 7) is 2.97. The highest BCUT2D eigenvalue weighted by Crippen LogP contribution is 2.29. The Balaban J connectivity index is 1.64. The van der Waals surface area contributed by atoms with Gasteiger partial charge in [-0.05, 0) is 30.2 Å². The van der Waals surface area contributed by atoms with Crippen LogP contribution in [0.1, 0.15) is 25.6 Å². The first-order chi connectivity index (χ1) is 14.9. The molecule has 0 bridgehead atoms. The fraction of sp³-hybridized carbons (Fsp3) is 0.273. The first-order valence-corrected chi connectivity index (χ1v) is 12.6. The molecule has 0 saturated heterocycles. The Morgan fingerprint density at radius 2 is 1.90 bits per heavy atom. The summed E-state index contributed by atoms with van der Waals surface area (Å²) in [5, 5.41) is 6.20. The second-order valence-electron chi connectivity index (χ2n) is 7.37. The molecule has 0 radical (unpaired) electrons. The van der Waals surface area contributed by atoms with Crippen LogP contribution in [0, 0.1) is 0 Å². The van der Waals surface area contributed by atoms with Gasteiger partial charge >= 0.3 is 0 Å². The molecular weight excluding hydrogens is 430 g/mol. The Hall–Kier alpha value is -2.62. The molecule has 162 valence electrons. The number of imidazole rings is 2. The van der Waals surface area contributed by atoms with E-state index in [1.807, 2.05) is 31.4 Å². The van der Waals surface area contributed by atoms with Gasteiger partial charge in [0.2, 0.25) is 10.0 Å². The molecule has 31 heavy (non-hydrogen) atoms. The third kappa shape index (κ3) is 4.53. The summed E-state index contributed by atoms with van der Waals surface area (Å²) in [5.74, 6) is 1.52. The van der Waals surface area contributed by atoms with Crippen LogP contribution in [0.25, 0.3) is 22.3 Å². The van der Waals surface area contributed by atoms with Crippen molar-refractivity contribution in [1.82, 2.24) is 19.1 Å². The van der Waals surface area contributed by atoms with Gasteiger partial charge in [0.15, 0.2) is 5.16 Å². The van der Waals surface area contributed by atoms with E-state index in [0.29, 0.717) is 11.3 Å². The van der Waals surface area contributed by atoms with Gasteiger partial charge in [-0.1, -0.05) is 55.4 Å². The van der Waals surface area contributed by atoms with Crippen molar-refractivity contribution < 1.29 is 8.42 Å². The maximum Gasteiger partial charge on any atom is 0.238 e. The molecule has 0 saturated carbocycles. The van der Waals surface area contributed by atoms with Gasteiger partial charge in [-0.15, -0.1) is 0 Å². The summed E-state index contributed by atoms with van der Waals surface area (Å²) in [7, 11) is -1.76. The molecule has 2 aromatic heterocycles. The zero-order valence-electron chi connectivity index (χ0n) is 17.5. The standard InChI is InChI=1S/C22H25N5O2S2/c1-3-4-12-27-19-11-10-17(31(23,28)29)13-18(19)25-21(27)15-30-22-24-14-20(26(22)2)16-8-6-5-7-9-16/h5-11,13-14H,3-4,12,15H2,1-2H3,(H2,23,28,29). The highest BCUT2D eigenvalue weighted by atomic mass is 32.2. The Kier molecular flexibility index (Phi) is 6.17. The predicted molar refractivity (Wildman–Crippen MR) is 124 cm³/mol. The smallest absolute Gasteiger partial charge is 0.238 e. The lowest BCUT2D eigenvalue weighted by molar-refractivity contribution is 0.598. The van der Waals surface area contributed by atoms with Crippen LogP contribution in [0.2, 0.25) is 0 Å². The molecule has 0 aliphatic carbocycles. The number of nitrogens with two attached hydrogens (primary N) is 1. The van der Waals surface area contributed by atoms with E-state index in [-0.39, 0.29) is 4.90 Å². The minimum absolute atomic E-state index is 0.0796. The Morgan fingerprint density at radius 3 is 2.61 bits per heavy atom. The van der Waals surface area contributed by atoms with Gasteiger partial charge in [0.1, 0.15) is 5.82 Å². The first-order valence-electron chi connectivity index (χ1n) is 10.1. The van der Waals surface area contributed by atoms with Crippen molar-refractivity contribution in [1.29, 1.82) is 0 Å². The zero-order valence-corrected chi connectivity index (χ0v) is 19.2. The minimum atomic E-state index is -3.77. The second-order valence-corrected chi connectivity index (χ2v) is 9.87. The number of aryl methyl sites for hydroxylation is 1. The normalized spacial score (nSPS) is 12.0. The van der Waals surface area contributed by atoms with Gasteiger partial charge in [-0.3, -0.25) is 0 Å². The fourth-order valence-corrected chi connectivity index (χ4v) is 4.98. The van der Waals surface area contributed by atoms with Crippen molar-refractivity contribution in [2.75, 3.05) is 0 Å². The average Bonchev–Trinajstić information content (AvgIpc) is 3.30. The molecular formula is C22H25N5O2S2. The van der Waals surface area contributed by atoms with Crippen LogP contribution in [0.4, 0.5) is 0 Å². The van der Waals surface area contributed by atoms with Gasteiger partial charge in [0, 0.05) is 13.6 Å².